The molecule has 0 amide bonds. The third-order valence-corrected chi connectivity index (χ3v) is 3.52. The molecule has 1 aliphatic carbocycles. The predicted octanol–water partition coefficient (Wildman–Crippen LogP) is 1.90. The first-order valence-corrected chi connectivity index (χ1v) is 6.63. The highest BCUT2D eigenvalue weighted by Gasteiger charge is 2.18. The summed E-state index contributed by atoms with van der Waals surface area (Å²) in [7, 11) is 2.23. The molecule has 0 bridgehead atoms. The lowest BCUT2D eigenvalue weighted by Gasteiger charge is -2.30. The number of nitrogens with zero attached hydrogens (tertiary/aromatic N) is 2. The van der Waals surface area contributed by atoms with Crippen molar-refractivity contribution in [3.63, 3.8) is 0 Å². The average Bonchev–Trinajstić information content (AvgIpc) is 2.31. The van der Waals surface area contributed by atoms with Crippen LogP contribution in [0.15, 0.2) is 24.5 Å². The fourth-order valence-corrected chi connectivity index (χ4v) is 2.21. The smallest absolute Gasteiger partial charge is 0.0312 e. The molecule has 3 heteroatoms. The topological polar surface area (TPSA) is 28.2 Å². The lowest BCUT2D eigenvalue weighted by Crippen LogP contribution is -2.34. The maximum absolute atomic E-state index is 4.11. The van der Waals surface area contributed by atoms with Crippen molar-refractivity contribution in [2.75, 3.05) is 26.7 Å². The number of likely N-dealkylation sites (N-methyl/N-ethyl adjacent to an activating group) is 1. The molecule has 1 saturated carbocycles. The van der Waals surface area contributed by atoms with Crippen molar-refractivity contribution < 1.29 is 0 Å². The van der Waals surface area contributed by atoms with Crippen LogP contribution in [0.1, 0.15) is 24.8 Å². The summed E-state index contributed by atoms with van der Waals surface area (Å²) in [6.07, 6.45) is 8.06. The maximum Gasteiger partial charge on any atom is 0.0312 e. The van der Waals surface area contributed by atoms with E-state index in [9.17, 15) is 0 Å². The molecular weight excluding hydrogens is 210 g/mol. The summed E-state index contributed by atoms with van der Waals surface area (Å²) in [6.45, 7) is 4.38. The lowest BCUT2D eigenvalue weighted by atomic mass is 9.85. The van der Waals surface area contributed by atoms with E-state index in [1.807, 2.05) is 18.5 Å². The predicted molar refractivity (Wildman–Crippen MR) is 70.8 cm³/mol. The third kappa shape index (κ3) is 4.44. The molecule has 2 rings (SSSR count). The molecule has 0 radical (unpaired) electrons. The van der Waals surface area contributed by atoms with Crippen molar-refractivity contribution in [2.45, 2.75) is 25.8 Å². The summed E-state index contributed by atoms with van der Waals surface area (Å²) in [5, 5.41) is 3.46. The number of hydrogen-bond acceptors (Lipinski definition) is 3. The van der Waals surface area contributed by atoms with Crippen LogP contribution in [0.25, 0.3) is 0 Å². The van der Waals surface area contributed by atoms with E-state index < -0.39 is 0 Å². The van der Waals surface area contributed by atoms with E-state index >= 15 is 0 Å². The minimum atomic E-state index is 0.922. The molecule has 94 valence electrons. The summed E-state index contributed by atoms with van der Waals surface area (Å²) in [4.78, 5) is 6.55. The number of aromatic nitrogens is 1. The van der Waals surface area contributed by atoms with Crippen LogP contribution in [0, 0.1) is 5.92 Å². The van der Waals surface area contributed by atoms with Crippen LogP contribution in [-0.2, 0) is 6.54 Å². The minimum Gasteiger partial charge on any atom is -0.311 e. The maximum atomic E-state index is 4.11. The van der Waals surface area contributed by atoms with Gasteiger partial charge in [0.2, 0.25) is 0 Å². The van der Waals surface area contributed by atoms with E-state index in [0.29, 0.717) is 0 Å². The summed E-state index contributed by atoms with van der Waals surface area (Å²) in [6, 6.07) is 4.10. The van der Waals surface area contributed by atoms with Crippen LogP contribution < -0.4 is 5.32 Å². The molecule has 1 aromatic rings. The molecule has 1 aliphatic rings. The molecule has 17 heavy (non-hydrogen) atoms. The summed E-state index contributed by atoms with van der Waals surface area (Å²) >= 11 is 0. The SMILES string of the molecule is CN(CCNCc1cccnc1)CC1CCC1. The number of pyridine rings is 1. The second-order valence-corrected chi connectivity index (χ2v) is 5.10. The molecule has 0 atom stereocenters. The number of hydrogen-bond donors (Lipinski definition) is 1. The van der Waals surface area contributed by atoms with Gasteiger partial charge in [0.15, 0.2) is 0 Å². The van der Waals surface area contributed by atoms with Crippen LogP contribution in [0.2, 0.25) is 0 Å². The lowest BCUT2D eigenvalue weighted by molar-refractivity contribution is 0.205. The Labute approximate surface area is 104 Å². The first-order chi connectivity index (χ1) is 8.34. The normalized spacial score (nSPS) is 16.1. The largest absolute Gasteiger partial charge is 0.311 e. The Morgan fingerprint density at radius 1 is 1.47 bits per heavy atom. The van der Waals surface area contributed by atoms with Gasteiger partial charge in [-0.3, -0.25) is 4.98 Å². The quantitative estimate of drug-likeness (QED) is 0.729. The van der Waals surface area contributed by atoms with Crippen LogP contribution in [0.4, 0.5) is 0 Å². The van der Waals surface area contributed by atoms with Crippen LogP contribution in [0.5, 0.6) is 0 Å². The van der Waals surface area contributed by atoms with Gasteiger partial charge in [0.25, 0.3) is 0 Å². The Morgan fingerprint density at radius 3 is 3.00 bits per heavy atom. The standard InChI is InChI=1S/C14H23N3/c1-17(12-13-4-2-5-13)9-8-16-11-14-6-3-7-15-10-14/h3,6-7,10,13,16H,2,4-5,8-9,11-12H2,1H3. The molecule has 1 fully saturated rings. The Kier molecular flexibility index (Phi) is 4.95. The average molecular weight is 233 g/mol. The first kappa shape index (κ1) is 12.5. The number of nitrogens with one attached hydrogen (secondary N) is 1. The zero-order valence-corrected chi connectivity index (χ0v) is 10.7. The van der Waals surface area contributed by atoms with E-state index in [0.717, 1.165) is 25.6 Å². The molecule has 3 nitrogen and oxygen atoms in total. The van der Waals surface area contributed by atoms with Crippen molar-refractivity contribution in [3.05, 3.63) is 30.1 Å². The van der Waals surface area contributed by atoms with Gasteiger partial charge in [0.05, 0.1) is 0 Å². The Bertz CT molecular complexity index is 309. The fourth-order valence-electron chi connectivity index (χ4n) is 2.21. The van der Waals surface area contributed by atoms with Crippen LogP contribution in [-0.4, -0.2) is 36.6 Å². The van der Waals surface area contributed by atoms with Gasteiger partial charge in [-0.15, -0.1) is 0 Å². The second kappa shape index (κ2) is 6.72. The molecule has 1 aromatic heterocycles. The molecule has 0 unspecified atom stereocenters. The minimum absolute atomic E-state index is 0.922. The van der Waals surface area contributed by atoms with Gasteiger partial charge in [-0.1, -0.05) is 12.5 Å². The fraction of sp³-hybridized carbons (Fsp3) is 0.643. The van der Waals surface area contributed by atoms with Crippen molar-refractivity contribution in [1.29, 1.82) is 0 Å². The highest BCUT2D eigenvalue weighted by molar-refractivity contribution is 5.07. The molecular formula is C14H23N3. The van der Waals surface area contributed by atoms with E-state index in [2.05, 4.69) is 28.3 Å². The highest BCUT2D eigenvalue weighted by Crippen LogP contribution is 2.26. The van der Waals surface area contributed by atoms with Crippen molar-refractivity contribution in [1.82, 2.24) is 15.2 Å². The molecule has 1 heterocycles. The molecule has 0 aromatic carbocycles. The van der Waals surface area contributed by atoms with Gasteiger partial charge in [0, 0.05) is 38.6 Å². The molecule has 0 aliphatic heterocycles. The van der Waals surface area contributed by atoms with Crippen LogP contribution in [0.3, 0.4) is 0 Å². The third-order valence-electron chi connectivity index (χ3n) is 3.52. The number of rotatable bonds is 7. The zero-order chi connectivity index (χ0) is 11.9. The van der Waals surface area contributed by atoms with E-state index in [-0.39, 0.29) is 0 Å². The van der Waals surface area contributed by atoms with Gasteiger partial charge in [-0.05, 0) is 37.4 Å². The van der Waals surface area contributed by atoms with Gasteiger partial charge in [-0.2, -0.15) is 0 Å². The van der Waals surface area contributed by atoms with Crippen molar-refractivity contribution in [2.24, 2.45) is 5.92 Å². The monoisotopic (exact) mass is 233 g/mol. The first-order valence-electron chi connectivity index (χ1n) is 6.63. The summed E-state index contributed by atoms with van der Waals surface area (Å²) < 4.78 is 0. The van der Waals surface area contributed by atoms with E-state index in [4.69, 9.17) is 0 Å². The Balaban J connectivity index is 1.53. The van der Waals surface area contributed by atoms with E-state index in [1.54, 1.807) is 0 Å². The molecule has 0 saturated heterocycles. The summed E-state index contributed by atoms with van der Waals surface area (Å²) in [5.41, 5.74) is 1.26. The Morgan fingerprint density at radius 2 is 2.35 bits per heavy atom. The van der Waals surface area contributed by atoms with Crippen molar-refractivity contribution >= 4 is 0 Å². The van der Waals surface area contributed by atoms with Gasteiger partial charge >= 0.3 is 0 Å². The van der Waals surface area contributed by atoms with Gasteiger partial charge in [0.1, 0.15) is 0 Å². The van der Waals surface area contributed by atoms with Crippen molar-refractivity contribution in [3.8, 4) is 0 Å². The van der Waals surface area contributed by atoms with E-state index in [1.165, 1.54) is 31.4 Å². The highest BCUT2D eigenvalue weighted by atomic mass is 15.1. The van der Waals surface area contributed by atoms with Gasteiger partial charge < -0.3 is 10.2 Å². The van der Waals surface area contributed by atoms with Crippen LogP contribution >= 0.6 is 0 Å². The molecule has 0 spiro atoms. The second-order valence-electron chi connectivity index (χ2n) is 5.10. The zero-order valence-electron chi connectivity index (χ0n) is 10.7. The summed E-state index contributed by atoms with van der Waals surface area (Å²) in [5.74, 6) is 0.971. The molecule has 1 N–H and O–H groups in total. The van der Waals surface area contributed by atoms with Gasteiger partial charge in [-0.25, -0.2) is 0 Å². The Hall–Kier alpha value is -0.930.